The minimum atomic E-state index is -0.517. The quantitative estimate of drug-likeness (QED) is 0.404. The van der Waals surface area contributed by atoms with Crippen LogP contribution in [0, 0.1) is 12.7 Å². The van der Waals surface area contributed by atoms with Crippen molar-refractivity contribution in [2.24, 2.45) is 7.05 Å². The second-order valence-electron chi connectivity index (χ2n) is 8.57. The van der Waals surface area contributed by atoms with Crippen LogP contribution < -0.4 is 10.5 Å². The van der Waals surface area contributed by atoms with Gasteiger partial charge in [0.2, 0.25) is 0 Å². The Labute approximate surface area is 196 Å². The first-order chi connectivity index (χ1) is 15.9. The number of aryl methyl sites for hydroxylation is 1. The van der Waals surface area contributed by atoms with E-state index in [2.05, 4.69) is 34.1 Å². The van der Waals surface area contributed by atoms with Crippen molar-refractivity contribution in [3.63, 3.8) is 0 Å². The molecule has 0 saturated carbocycles. The van der Waals surface area contributed by atoms with Crippen molar-refractivity contribution in [2.45, 2.75) is 25.7 Å². The molecule has 0 N–H and O–H groups in total. The topological polar surface area (TPSA) is 51.0 Å². The Kier molecular flexibility index (Phi) is 5.62. The first-order valence-electron chi connectivity index (χ1n) is 11.1. The van der Waals surface area contributed by atoms with Gasteiger partial charge < -0.3 is 4.90 Å². The molecule has 3 heterocycles. The molecule has 33 heavy (non-hydrogen) atoms. The molecule has 0 bridgehead atoms. The smallest absolute Gasteiger partial charge is 0.263 e. The number of anilines is 1. The van der Waals surface area contributed by atoms with E-state index in [9.17, 15) is 9.18 Å². The molecule has 0 amide bonds. The third kappa shape index (κ3) is 4.00. The van der Waals surface area contributed by atoms with E-state index in [0.29, 0.717) is 39.2 Å². The highest BCUT2D eigenvalue weighted by Gasteiger charge is 2.25. The van der Waals surface area contributed by atoms with Crippen LogP contribution in [-0.2, 0) is 7.05 Å². The third-order valence-corrected chi connectivity index (χ3v) is 6.71. The lowest BCUT2D eigenvalue weighted by Crippen LogP contribution is -2.35. The SMILES string of the molecule is Cc1nc2cc(N3CCCC(c4ccccc4)C3)nc(-c3ccc(Cl)cc3F)c2c(=O)n1C. The number of pyridine rings is 1. The molecule has 0 radical (unpaired) electrons. The van der Waals surface area contributed by atoms with Crippen molar-refractivity contribution >= 4 is 28.3 Å². The maximum atomic E-state index is 15.0. The molecule has 2 aromatic heterocycles. The Morgan fingerprint density at radius 1 is 1.09 bits per heavy atom. The fourth-order valence-corrected chi connectivity index (χ4v) is 4.76. The zero-order valence-corrected chi connectivity index (χ0v) is 19.3. The molecule has 168 valence electrons. The second kappa shape index (κ2) is 8.60. The van der Waals surface area contributed by atoms with Crippen LogP contribution in [-0.4, -0.2) is 27.6 Å². The monoisotopic (exact) mass is 462 g/mol. The van der Waals surface area contributed by atoms with Crippen molar-refractivity contribution in [3.05, 3.63) is 87.2 Å². The Bertz CT molecular complexity index is 1400. The van der Waals surface area contributed by atoms with Crippen molar-refractivity contribution in [1.29, 1.82) is 0 Å². The predicted molar refractivity (Wildman–Crippen MR) is 131 cm³/mol. The number of halogens is 2. The van der Waals surface area contributed by atoms with E-state index in [4.69, 9.17) is 16.6 Å². The van der Waals surface area contributed by atoms with E-state index < -0.39 is 5.82 Å². The summed E-state index contributed by atoms with van der Waals surface area (Å²) < 4.78 is 16.4. The molecule has 5 nitrogen and oxygen atoms in total. The molecular weight excluding hydrogens is 439 g/mol. The highest BCUT2D eigenvalue weighted by atomic mass is 35.5. The molecule has 4 aromatic rings. The summed E-state index contributed by atoms with van der Waals surface area (Å²) >= 11 is 5.98. The van der Waals surface area contributed by atoms with Gasteiger partial charge in [-0.05, 0) is 43.5 Å². The Morgan fingerprint density at radius 3 is 2.64 bits per heavy atom. The van der Waals surface area contributed by atoms with E-state index in [1.807, 2.05) is 12.1 Å². The Balaban J connectivity index is 1.67. The largest absolute Gasteiger partial charge is 0.356 e. The van der Waals surface area contributed by atoms with E-state index in [1.165, 1.54) is 16.2 Å². The van der Waals surface area contributed by atoms with Crippen LogP contribution >= 0.6 is 11.6 Å². The van der Waals surface area contributed by atoms with E-state index >= 15 is 0 Å². The van der Waals surface area contributed by atoms with E-state index in [0.717, 1.165) is 25.9 Å². The van der Waals surface area contributed by atoms with Crippen LogP contribution in [0.5, 0.6) is 0 Å². The van der Waals surface area contributed by atoms with Gasteiger partial charge in [-0.2, -0.15) is 0 Å². The average Bonchev–Trinajstić information content (AvgIpc) is 2.82. The van der Waals surface area contributed by atoms with Crippen molar-refractivity contribution in [2.75, 3.05) is 18.0 Å². The zero-order valence-electron chi connectivity index (χ0n) is 18.6. The van der Waals surface area contributed by atoms with Gasteiger partial charge in [0.25, 0.3) is 5.56 Å². The van der Waals surface area contributed by atoms with Gasteiger partial charge in [0.15, 0.2) is 0 Å². The van der Waals surface area contributed by atoms with Crippen LogP contribution in [0.4, 0.5) is 10.2 Å². The summed E-state index contributed by atoms with van der Waals surface area (Å²) in [7, 11) is 1.66. The summed E-state index contributed by atoms with van der Waals surface area (Å²) in [5.41, 5.74) is 2.11. The molecule has 1 atom stereocenters. The minimum Gasteiger partial charge on any atom is -0.356 e. The van der Waals surface area contributed by atoms with Crippen LogP contribution in [0.2, 0.25) is 5.02 Å². The van der Waals surface area contributed by atoms with Gasteiger partial charge in [-0.1, -0.05) is 41.9 Å². The number of benzene rings is 2. The molecule has 7 heteroatoms. The van der Waals surface area contributed by atoms with Crippen molar-refractivity contribution in [3.8, 4) is 11.3 Å². The Hall–Kier alpha value is -3.25. The number of hydrogen-bond acceptors (Lipinski definition) is 4. The summed E-state index contributed by atoms with van der Waals surface area (Å²) in [4.78, 5) is 24.9. The fraction of sp³-hybridized carbons (Fsp3) is 0.269. The predicted octanol–water partition coefficient (Wildman–Crippen LogP) is 5.48. The van der Waals surface area contributed by atoms with E-state index in [1.54, 1.807) is 26.1 Å². The molecule has 1 aliphatic heterocycles. The van der Waals surface area contributed by atoms with Gasteiger partial charge in [0.05, 0.1) is 16.6 Å². The summed E-state index contributed by atoms with van der Waals surface area (Å²) in [5.74, 6) is 1.16. The second-order valence-corrected chi connectivity index (χ2v) is 9.00. The molecule has 0 aliphatic carbocycles. The number of aromatic nitrogens is 3. The maximum Gasteiger partial charge on any atom is 0.263 e. The highest BCUT2D eigenvalue weighted by Crippen LogP contribution is 2.34. The standard InChI is InChI=1S/C26H24ClFN4O/c1-16-29-22-14-23(32-12-6-9-18(15-32)17-7-4-3-5-8-17)30-25(24(22)26(33)31(16)2)20-11-10-19(27)13-21(20)28/h3-5,7-8,10-11,13-14,18H,6,9,12,15H2,1-2H3. The van der Waals surface area contributed by atoms with Crippen LogP contribution in [0.1, 0.15) is 30.1 Å². The van der Waals surface area contributed by atoms with Crippen LogP contribution in [0.25, 0.3) is 22.2 Å². The van der Waals surface area contributed by atoms with Crippen LogP contribution in [0.15, 0.2) is 59.4 Å². The molecular formula is C26H24ClFN4O. The van der Waals surface area contributed by atoms with Crippen LogP contribution in [0.3, 0.4) is 0 Å². The normalized spacial score (nSPS) is 16.4. The van der Waals surface area contributed by atoms with Gasteiger partial charge in [0, 0.05) is 42.7 Å². The average molecular weight is 463 g/mol. The summed E-state index contributed by atoms with van der Waals surface area (Å²) in [6.45, 7) is 3.43. The third-order valence-electron chi connectivity index (χ3n) is 6.47. The van der Waals surface area contributed by atoms with Gasteiger partial charge >= 0.3 is 0 Å². The summed E-state index contributed by atoms with van der Waals surface area (Å²) in [5, 5.41) is 0.602. The van der Waals surface area contributed by atoms with Crippen molar-refractivity contribution < 1.29 is 4.39 Å². The summed E-state index contributed by atoms with van der Waals surface area (Å²) in [6, 6.07) is 16.7. The molecule has 5 rings (SSSR count). The zero-order chi connectivity index (χ0) is 23.1. The fourth-order valence-electron chi connectivity index (χ4n) is 4.60. The number of nitrogens with zero attached hydrogens (tertiary/aromatic N) is 4. The van der Waals surface area contributed by atoms with Crippen molar-refractivity contribution in [1.82, 2.24) is 14.5 Å². The lowest BCUT2D eigenvalue weighted by Gasteiger charge is -2.34. The molecule has 1 aliphatic rings. The van der Waals surface area contributed by atoms with Gasteiger partial charge in [-0.15, -0.1) is 0 Å². The lowest BCUT2D eigenvalue weighted by atomic mass is 9.90. The lowest BCUT2D eigenvalue weighted by molar-refractivity contribution is 0.507. The minimum absolute atomic E-state index is 0.241. The van der Waals surface area contributed by atoms with Gasteiger partial charge in [-0.25, -0.2) is 14.4 Å². The number of hydrogen-bond donors (Lipinski definition) is 0. The number of piperidine rings is 1. The van der Waals surface area contributed by atoms with Gasteiger partial charge in [-0.3, -0.25) is 9.36 Å². The number of fused-ring (bicyclic) bond motifs is 1. The number of rotatable bonds is 3. The Morgan fingerprint density at radius 2 is 1.88 bits per heavy atom. The van der Waals surface area contributed by atoms with E-state index in [-0.39, 0.29) is 11.1 Å². The van der Waals surface area contributed by atoms with Gasteiger partial charge in [0.1, 0.15) is 17.5 Å². The molecule has 0 spiro atoms. The molecule has 1 unspecified atom stereocenters. The maximum absolute atomic E-state index is 15.0. The highest BCUT2D eigenvalue weighted by molar-refractivity contribution is 6.30. The molecule has 2 aromatic carbocycles. The molecule has 1 saturated heterocycles. The summed E-state index contributed by atoms with van der Waals surface area (Å²) in [6.07, 6.45) is 2.12. The first-order valence-corrected chi connectivity index (χ1v) is 11.4. The first kappa shape index (κ1) is 21.6. The molecule has 1 fully saturated rings.